The lowest BCUT2D eigenvalue weighted by Gasteiger charge is -1.99. The SMILES string of the molecule is CCNC1=C(S)C(=O)NC1=O. The predicted octanol–water partition coefficient (Wildman–Crippen LogP) is -0.606. The molecule has 4 nitrogen and oxygen atoms in total. The molecular weight excluding hydrogens is 164 g/mol. The summed E-state index contributed by atoms with van der Waals surface area (Å²) in [7, 11) is 0. The van der Waals surface area contributed by atoms with Gasteiger partial charge in [0.05, 0.1) is 4.91 Å². The number of likely N-dealkylation sites (N-methyl/N-ethyl adjacent to an activating group) is 1. The van der Waals surface area contributed by atoms with Crippen molar-refractivity contribution in [1.82, 2.24) is 10.6 Å². The Morgan fingerprint density at radius 2 is 2.09 bits per heavy atom. The fourth-order valence-corrected chi connectivity index (χ4v) is 1.02. The van der Waals surface area contributed by atoms with Crippen LogP contribution in [0.1, 0.15) is 6.92 Å². The van der Waals surface area contributed by atoms with Crippen LogP contribution in [0.4, 0.5) is 0 Å². The minimum absolute atomic E-state index is 0.164. The topological polar surface area (TPSA) is 58.2 Å². The molecule has 0 fully saturated rings. The number of amides is 2. The van der Waals surface area contributed by atoms with E-state index in [0.717, 1.165) is 0 Å². The molecule has 0 spiro atoms. The average Bonchev–Trinajstić information content (AvgIpc) is 2.17. The van der Waals surface area contributed by atoms with E-state index in [1.54, 1.807) is 0 Å². The van der Waals surface area contributed by atoms with Gasteiger partial charge in [-0.2, -0.15) is 0 Å². The number of nitrogens with one attached hydrogen (secondary N) is 2. The van der Waals surface area contributed by atoms with Crippen LogP contribution in [-0.2, 0) is 9.59 Å². The van der Waals surface area contributed by atoms with Gasteiger partial charge in [0.1, 0.15) is 5.70 Å². The standard InChI is InChI=1S/C6H8N2O2S/c1-2-7-3-4(11)6(10)8-5(3)9/h2H2,1H3,(H3,7,8,9,10,11). The zero-order chi connectivity index (χ0) is 8.43. The summed E-state index contributed by atoms with van der Waals surface area (Å²) in [5.74, 6) is -0.837. The fourth-order valence-electron chi connectivity index (χ4n) is 0.787. The molecule has 2 amide bonds. The molecule has 5 heteroatoms. The molecule has 1 aliphatic rings. The zero-order valence-corrected chi connectivity index (χ0v) is 6.87. The minimum atomic E-state index is -0.436. The molecule has 60 valence electrons. The number of imide groups is 1. The van der Waals surface area contributed by atoms with E-state index in [1.807, 2.05) is 6.92 Å². The fraction of sp³-hybridized carbons (Fsp3) is 0.333. The van der Waals surface area contributed by atoms with Crippen LogP contribution in [-0.4, -0.2) is 18.4 Å². The second-order valence-corrected chi connectivity index (χ2v) is 2.48. The van der Waals surface area contributed by atoms with Crippen LogP contribution >= 0.6 is 12.6 Å². The monoisotopic (exact) mass is 172 g/mol. The van der Waals surface area contributed by atoms with Gasteiger partial charge in [-0.15, -0.1) is 12.6 Å². The Morgan fingerprint density at radius 1 is 1.45 bits per heavy atom. The lowest BCUT2D eigenvalue weighted by molar-refractivity contribution is -0.124. The van der Waals surface area contributed by atoms with E-state index in [-0.39, 0.29) is 10.6 Å². The zero-order valence-electron chi connectivity index (χ0n) is 5.97. The van der Waals surface area contributed by atoms with Crippen molar-refractivity contribution in [3.8, 4) is 0 Å². The predicted molar refractivity (Wildman–Crippen MR) is 42.8 cm³/mol. The number of rotatable bonds is 2. The summed E-state index contributed by atoms with van der Waals surface area (Å²) in [4.78, 5) is 21.8. The van der Waals surface area contributed by atoms with Gasteiger partial charge >= 0.3 is 0 Å². The molecule has 0 bridgehead atoms. The summed E-state index contributed by atoms with van der Waals surface area (Å²) in [6, 6.07) is 0. The van der Waals surface area contributed by atoms with Crippen LogP contribution in [0, 0.1) is 0 Å². The van der Waals surface area contributed by atoms with Gasteiger partial charge in [0.2, 0.25) is 0 Å². The van der Waals surface area contributed by atoms with Gasteiger partial charge in [-0.3, -0.25) is 14.9 Å². The Morgan fingerprint density at radius 3 is 2.45 bits per heavy atom. The van der Waals surface area contributed by atoms with Gasteiger partial charge in [0.15, 0.2) is 0 Å². The summed E-state index contributed by atoms with van der Waals surface area (Å²) in [5.41, 5.74) is 0.265. The first-order chi connectivity index (χ1) is 5.16. The molecule has 0 aliphatic carbocycles. The molecule has 0 saturated heterocycles. The highest BCUT2D eigenvalue weighted by atomic mass is 32.1. The van der Waals surface area contributed by atoms with E-state index in [1.165, 1.54) is 0 Å². The van der Waals surface area contributed by atoms with Gasteiger partial charge in [0.25, 0.3) is 11.8 Å². The molecule has 0 atom stereocenters. The summed E-state index contributed by atoms with van der Waals surface area (Å²) < 4.78 is 0. The number of carbonyl (C=O) groups is 2. The smallest absolute Gasteiger partial charge is 0.275 e. The number of hydrogen-bond donors (Lipinski definition) is 3. The third-order valence-corrected chi connectivity index (χ3v) is 1.69. The third-order valence-electron chi connectivity index (χ3n) is 1.26. The Labute approximate surface area is 69.4 Å². The molecule has 0 radical (unpaired) electrons. The molecule has 0 aromatic carbocycles. The van der Waals surface area contributed by atoms with E-state index < -0.39 is 11.8 Å². The molecule has 0 unspecified atom stereocenters. The van der Waals surface area contributed by atoms with Crippen LogP contribution in [0.25, 0.3) is 0 Å². The van der Waals surface area contributed by atoms with E-state index >= 15 is 0 Å². The van der Waals surface area contributed by atoms with Crippen LogP contribution < -0.4 is 10.6 Å². The highest BCUT2D eigenvalue weighted by molar-refractivity contribution is 7.85. The van der Waals surface area contributed by atoms with E-state index in [2.05, 4.69) is 23.3 Å². The first kappa shape index (κ1) is 8.13. The van der Waals surface area contributed by atoms with Gasteiger partial charge in [0, 0.05) is 6.54 Å². The van der Waals surface area contributed by atoms with Gasteiger partial charge in [-0.25, -0.2) is 0 Å². The summed E-state index contributed by atoms with van der Waals surface area (Å²) in [6.07, 6.45) is 0. The summed E-state index contributed by atoms with van der Waals surface area (Å²) in [5, 5.41) is 4.86. The third kappa shape index (κ3) is 1.37. The lowest BCUT2D eigenvalue weighted by atomic mass is 10.4. The van der Waals surface area contributed by atoms with Gasteiger partial charge < -0.3 is 5.32 Å². The summed E-state index contributed by atoms with van der Waals surface area (Å²) >= 11 is 3.86. The highest BCUT2D eigenvalue weighted by Crippen LogP contribution is 2.12. The molecule has 1 rings (SSSR count). The molecule has 0 saturated carbocycles. The molecule has 0 aromatic heterocycles. The average molecular weight is 172 g/mol. The number of carbonyl (C=O) groups excluding carboxylic acids is 2. The van der Waals surface area contributed by atoms with Crippen molar-refractivity contribution in [2.45, 2.75) is 6.92 Å². The van der Waals surface area contributed by atoms with E-state index in [0.29, 0.717) is 6.54 Å². The highest BCUT2D eigenvalue weighted by Gasteiger charge is 2.26. The maximum atomic E-state index is 10.9. The van der Waals surface area contributed by atoms with Crippen molar-refractivity contribution in [2.24, 2.45) is 0 Å². The van der Waals surface area contributed by atoms with E-state index in [4.69, 9.17) is 0 Å². The minimum Gasteiger partial charge on any atom is -0.380 e. The second kappa shape index (κ2) is 2.96. The van der Waals surface area contributed by atoms with Crippen LogP contribution in [0.2, 0.25) is 0 Å². The Balaban J connectivity index is 2.87. The Kier molecular flexibility index (Phi) is 2.19. The Hall–Kier alpha value is -0.970. The Bertz CT molecular complexity index is 247. The maximum Gasteiger partial charge on any atom is 0.275 e. The van der Waals surface area contributed by atoms with Gasteiger partial charge in [-0.05, 0) is 6.92 Å². The second-order valence-electron chi connectivity index (χ2n) is 2.04. The van der Waals surface area contributed by atoms with Crippen molar-refractivity contribution in [3.63, 3.8) is 0 Å². The van der Waals surface area contributed by atoms with Crippen LogP contribution in [0.3, 0.4) is 0 Å². The first-order valence-corrected chi connectivity index (χ1v) is 3.64. The first-order valence-electron chi connectivity index (χ1n) is 3.19. The number of hydrogen-bond acceptors (Lipinski definition) is 4. The van der Waals surface area contributed by atoms with E-state index in [9.17, 15) is 9.59 Å². The summed E-state index contributed by atoms with van der Waals surface area (Å²) in [6.45, 7) is 2.43. The molecule has 2 N–H and O–H groups in total. The molecule has 1 heterocycles. The van der Waals surface area contributed by atoms with Crippen LogP contribution in [0.15, 0.2) is 10.6 Å². The van der Waals surface area contributed by atoms with Crippen LogP contribution in [0.5, 0.6) is 0 Å². The van der Waals surface area contributed by atoms with Crippen molar-refractivity contribution in [3.05, 3.63) is 10.6 Å². The quantitative estimate of drug-likeness (QED) is 0.385. The normalized spacial score (nSPS) is 17.3. The number of thiol groups is 1. The molecule has 0 aromatic rings. The van der Waals surface area contributed by atoms with Gasteiger partial charge in [-0.1, -0.05) is 0 Å². The van der Waals surface area contributed by atoms with Crippen molar-refractivity contribution in [1.29, 1.82) is 0 Å². The van der Waals surface area contributed by atoms with Crippen molar-refractivity contribution >= 4 is 24.4 Å². The maximum absolute atomic E-state index is 10.9. The van der Waals surface area contributed by atoms with Crippen molar-refractivity contribution < 1.29 is 9.59 Å². The lowest BCUT2D eigenvalue weighted by Crippen LogP contribution is -2.26. The largest absolute Gasteiger partial charge is 0.380 e. The molecule has 1 aliphatic heterocycles. The molecular formula is C6H8N2O2S. The van der Waals surface area contributed by atoms with Crippen molar-refractivity contribution in [2.75, 3.05) is 6.54 Å². The molecule has 11 heavy (non-hydrogen) atoms.